The van der Waals surface area contributed by atoms with E-state index in [2.05, 4.69) is 31.9 Å². The molecule has 17 heavy (non-hydrogen) atoms. The standard InChI is InChI=1S/C10H13Br2NO3S/c1-7(6-14)13(2)17(15,16)10-4-3-8(11)5-9(10)12/h3-5,7,14H,6H2,1-2H3. The van der Waals surface area contributed by atoms with Crippen LogP contribution in [0, 0.1) is 0 Å². The molecule has 96 valence electrons. The van der Waals surface area contributed by atoms with E-state index >= 15 is 0 Å². The molecule has 0 spiro atoms. The minimum Gasteiger partial charge on any atom is -0.395 e. The molecule has 0 heterocycles. The van der Waals surface area contributed by atoms with Crippen LogP contribution in [-0.2, 0) is 10.0 Å². The monoisotopic (exact) mass is 385 g/mol. The molecule has 0 saturated carbocycles. The van der Waals surface area contributed by atoms with Crippen LogP contribution >= 0.6 is 31.9 Å². The highest BCUT2D eigenvalue weighted by atomic mass is 79.9. The van der Waals surface area contributed by atoms with Crippen LogP contribution in [0.2, 0.25) is 0 Å². The fourth-order valence-electron chi connectivity index (χ4n) is 1.19. The number of hydrogen-bond donors (Lipinski definition) is 1. The molecule has 1 rings (SSSR count). The predicted molar refractivity (Wildman–Crippen MR) is 73.3 cm³/mol. The van der Waals surface area contributed by atoms with Crippen LogP contribution in [0.4, 0.5) is 0 Å². The number of nitrogens with zero attached hydrogens (tertiary/aromatic N) is 1. The SMILES string of the molecule is CC(CO)N(C)S(=O)(=O)c1ccc(Br)cc1Br. The molecule has 0 saturated heterocycles. The van der Waals surface area contributed by atoms with Crippen molar-refractivity contribution in [1.29, 1.82) is 0 Å². The lowest BCUT2D eigenvalue weighted by Gasteiger charge is -2.23. The number of likely N-dealkylation sites (N-methyl/N-ethyl adjacent to an activating group) is 1. The molecule has 1 atom stereocenters. The summed E-state index contributed by atoms with van der Waals surface area (Å²) in [5, 5.41) is 9.00. The number of rotatable bonds is 4. The van der Waals surface area contributed by atoms with Gasteiger partial charge in [-0.2, -0.15) is 4.31 Å². The summed E-state index contributed by atoms with van der Waals surface area (Å²) >= 11 is 6.49. The number of aliphatic hydroxyl groups is 1. The fraction of sp³-hybridized carbons (Fsp3) is 0.400. The second-order valence-electron chi connectivity index (χ2n) is 3.63. The molecular weight excluding hydrogens is 374 g/mol. The Morgan fingerprint density at radius 1 is 1.41 bits per heavy atom. The predicted octanol–water partition coefficient (Wildman–Crippen LogP) is 2.21. The maximum Gasteiger partial charge on any atom is 0.244 e. The summed E-state index contributed by atoms with van der Waals surface area (Å²) in [6.45, 7) is 1.42. The Morgan fingerprint density at radius 3 is 2.47 bits per heavy atom. The highest BCUT2D eigenvalue weighted by molar-refractivity contribution is 9.11. The van der Waals surface area contributed by atoms with Gasteiger partial charge in [-0.05, 0) is 41.1 Å². The Bertz CT molecular complexity index is 504. The third-order valence-electron chi connectivity index (χ3n) is 2.44. The Balaban J connectivity index is 3.22. The van der Waals surface area contributed by atoms with Crippen molar-refractivity contribution < 1.29 is 13.5 Å². The van der Waals surface area contributed by atoms with Crippen molar-refractivity contribution in [2.45, 2.75) is 17.9 Å². The highest BCUT2D eigenvalue weighted by Crippen LogP contribution is 2.28. The van der Waals surface area contributed by atoms with E-state index in [0.717, 1.165) is 8.78 Å². The Hall–Kier alpha value is 0.0500. The van der Waals surface area contributed by atoms with Crippen LogP contribution in [0.15, 0.2) is 32.0 Å². The zero-order valence-corrected chi connectivity index (χ0v) is 13.4. The van der Waals surface area contributed by atoms with Crippen LogP contribution in [0.5, 0.6) is 0 Å². The van der Waals surface area contributed by atoms with Gasteiger partial charge in [0.15, 0.2) is 0 Å². The molecular formula is C10H13Br2NO3S. The van der Waals surface area contributed by atoms with E-state index in [9.17, 15) is 8.42 Å². The number of halogens is 2. The van der Waals surface area contributed by atoms with Gasteiger partial charge >= 0.3 is 0 Å². The lowest BCUT2D eigenvalue weighted by atomic mass is 10.4. The van der Waals surface area contributed by atoms with Gasteiger partial charge in [0, 0.05) is 22.0 Å². The summed E-state index contributed by atoms with van der Waals surface area (Å²) in [4.78, 5) is 0.184. The Kier molecular flexibility index (Phi) is 5.15. The number of hydrogen-bond acceptors (Lipinski definition) is 3. The van der Waals surface area contributed by atoms with Gasteiger partial charge in [-0.15, -0.1) is 0 Å². The third kappa shape index (κ3) is 3.29. The number of aliphatic hydroxyl groups excluding tert-OH is 1. The van der Waals surface area contributed by atoms with E-state index in [1.165, 1.54) is 13.1 Å². The van der Waals surface area contributed by atoms with Gasteiger partial charge in [0.2, 0.25) is 10.0 Å². The van der Waals surface area contributed by atoms with E-state index in [-0.39, 0.29) is 11.5 Å². The van der Waals surface area contributed by atoms with Crippen molar-refractivity contribution in [2.24, 2.45) is 0 Å². The van der Waals surface area contributed by atoms with Crippen molar-refractivity contribution in [3.8, 4) is 0 Å². The zero-order chi connectivity index (χ0) is 13.2. The second kappa shape index (κ2) is 5.79. The normalized spacial score (nSPS) is 14.0. The summed E-state index contributed by atoms with van der Waals surface area (Å²) < 4.78 is 26.9. The summed E-state index contributed by atoms with van der Waals surface area (Å²) in [7, 11) is -2.14. The van der Waals surface area contributed by atoms with Crippen LogP contribution in [-0.4, -0.2) is 37.5 Å². The maximum absolute atomic E-state index is 12.2. The van der Waals surface area contributed by atoms with Gasteiger partial charge < -0.3 is 5.11 Å². The fourth-order valence-corrected chi connectivity index (χ4v) is 4.25. The Morgan fingerprint density at radius 2 is 2.00 bits per heavy atom. The molecule has 0 radical (unpaired) electrons. The van der Waals surface area contributed by atoms with Crippen molar-refractivity contribution >= 4 is 41.9 Å². The topological polar surface area (TPSA) is 57.6 Å². The second-order valence-corrected chi connectivity index (χ2v) is 7.36. The van der Waals surface area contributed by atoms with Crippen molar-refractivity contribution in [3.63, 3.8) is 0 Å². The third-order valence-corrected chi connectivity index (χ3v) is 5.88. The van der Waals surface area contributed by atoms with Gasteiger partial charge in [0.05, 0.1) is 11.5 Å². The zero-order valence-electron chi connectivity index (χ0n) is 9.39. The van der Waals surface area contributed by atoms with E-state index in [0.29, 0.717) is 4.47 Å². The molecule has 0 aliphatic heterocycles. The van der Waals surface area contributed by atoms with Gasteiger partial charge in [0.1, 0.15) is 0 Å². The van der Waals surface area contributed by atoms with Gasteiger partial charge in [-0.25, -0.2) is 8.42 Å². The Labute approximate surface area is 118 Å². The summed E-state index contributed by atoms with van der Waals surface area (Å²) in [5.41, 5.74) is 0. The lowest BCUT2D eigenvalue weighted by molar-refractivity contribution is 0.214. The minimum atomic E-state index is -3.59. The molecule has 0 fully saturated rings. The molecule has 0 aromatic heterocycles. The molecule has 0 bridgehead atoms. The van der Waals surface area contributed by atoms with Crippen LogP contribution < -0.4 is 0 Å². The van der Waals surface area contributed by atoms with Crippen molar-refractivity contribution in [3.05, 3.63) is 27.1 Å². The van der Waals surface area contributed by atoms with Crippen LogP contribution in [0.25, 0.3) is 0 Å². The summed E-state index contributed by atoms with van der Waals surface area (Å²) in [5.74, 6) is 0. The highest BCUT2D eigenvalue weighted by Gasteiger charge is 2.26. The number of sulfonamides is 1. The average molecular weight is 387 g/mol. The smallest absolute Gasteiger partial charge is 0.244 e. The lowest BCUT2D eigenvalue weighted by Crippen LogP contribution is -2.37. The van der Waals surface area contributed by atoms with Gasteiger partial charge in [-0.1, -0.05) is 15.9 Å². The van der Waals surface area contributed by atoms with Crippen LogP contribution in [0.3, 0.4) is 0 Å². The first kappa shape index (κ1) is 15.1. The number of benzene rings is 1. The molecule has 1 unspecified atom stereocenters. The van der Waals surface area contributed by atoms with Gasteiger partial charge in [0.25, 0.3) is 0 Å². The minimum absolute atomic E-state index is 0.184. The van der Waals surface area contributed by atoms with Gasteiger partial charge in [-0.3, -0.25) is 0 Å². The summed E-state index contributed by atoms with van der Waals surface area (Å²) in [6.07, 6.45) is 0. The first-order valence-corrected chi connectivity index (χ1v) is 7.87. The molecule has 1 aromatic rings. The molecule has 1 N–H and O–H groups in total. The summed E-state index contributed by atoms with van der Waals surface area (Å²) in [6, 6.07) is 4.39. The molecule has 0 aliphatic carbocycles. The molecule has 4 nitrogen and oxygen atoms in total. The average Bonchev–Trinajstić information content (AvgIpc) is 2.26. The van der Waals surface area contributed by atoms with Crippen molar-refractivity contribution in [2.75, 3.05) is 13.7 Å². The van der Waals surface area contributed by atoms with E-state index < -0.39 is 16.1 Å². The van der Waals surface area contributed by atoms with E-state index in [1.807, 2.05) is 0 Å². The van der Waals surface area contributed by atoms with Crippen LogP contribution in [0.1, 0.15) is 6.92 Å². The molecule has 7 heteroatoms. The quantitative estimate of drug-likeness (QED) is 0.862. The first-order chi connectivity index (χ1) is 7.80. The van der Waals surface area contributed by atoms with E-state index in [4.69, 9.17) is 5.11 Å². The van der Waals surface area contributed by atoms with E-state index in [1.54, 1.807) is 19.1 Å². The molecule has 1 aromatic carbocycles. The first-order valence-electron chi connectivity index (χ1n) is 4.84. The van der Waals surface area contributed by atoms with Crippen molar-refractivity contribution in [1.82, 2.24) is 4.31 Å². The molecule has 0 aliphatic rings. The molecule has 0 amide bonds. The maximum atomic E-state index is 12.2. The largest absolute Gasteiger partial charge is 0.395 e.